The molecule has 1 heterocycles. The summed E-state index contributed by atoms with van der Waals surface area (Å²) >= 11 is 0. The van der Waals surface area contributed by atoms with Crippen molar-refractivity contribution in [1.29, 1.82) is 0 Å². The molecule has 1 aromatic carbocycles. The zero-order valence-electron chi connectivity index (χ0n) is 12.3. The fraction of sp³-hybridized carbons (Fsp3) is 0.467. The Labute approximate surface area is 126 Å². The predicted molar refractivity (Wildman–Crippen MR) is 75.5 cm³/mol. The van der Waals surface area contributed by atoms with Gasteiger partial charge in [0.05, 0.1) is 6.61 Å². The number of Topliss-reactive ketones (excluding diaryl/α,β-unsaturated/α-hetero) is 1. The standard InChI is InChI=1S/C15H17F3N2O2/c1-14(8-22-7-13(19)20-14)10-5-9(3-4-11(10)16)6-12(21)15(2,17)18/h3-5H,6-8H2,1-2H3,(H2,19,20)/t14-/m0/s1. The fourth-order valence-corrected chi connectivity index (χ4v) is 2.31. The molecule has 1 aromatic rings. The molecule has 0 saturated carbocycles. The number of amidine groups is 1. The third kappa shape index (κ3) is 3.47. The number of ether oxygens (including phenoxy) is 1. The highest BCUT2D eigenvalue weighted by atomic mass is 19.3. The van der Waals surface area contributed by atoms with Gasteiger partial charge in [0.15, 0.2) is 0 Å². The molecule has 0 bridgehead atoms. The van der Waals surface area contributed by atoms with Gasteiger partial charge in [0.25, 0.3) is 0 Å². The van der Waals surface area contributed by atoms with Crippen molar-refractivity contribution >= 4 is 11.6 Å². The maximum absolute atomic E-state index is 14.1. The quantitative estimate of drug-likeness (QED) is 0.926. The van der Waals surface area contributed by atoms with Crippen LogP contribution < -0.4 is 5.73 Å². The highest BCUT2D eigenvalue weighted by Gasteiger charge is 2.34. The Kier molecular flexibility index (Phi) is 4.28. The van der Waals surface area contributed by atoms with Gasteiger partial charge in [-0.1, -0.05) is 6.07 Å². The van der Waals surface area contributed by atoms with Gasteiger partial charge in [-0.2, -0.15) is 8.78 Å². The molecule has 7 heteroatoms. The van der Waals surface area contributed by atoms with Crippen molar-refractivity contribution in [3.05, 3.63) is 35.1 Å². The van der Waals surface area contributed by atoms with Gasteiger partial charge in [-0.3, -0.25) is 9.79 Å². The zero-order chi connectivity index (χ0) is 16.5. The van der Waals surface area contributed by atoms with Gasteiger partial charge in [-0.05, 0) is 24.6 Å². The van der Waals surface area contributed by atoms with Gasteiger partial charge < -0.3 is 10.5 Å². The van der Waals surface area contributed by atoms with Gasteiger partial charge in [0.1, 0.15) is 23.8 Å². The molecule has 0 spiro atoms. The molecule has 0 amide bonds. The highest BCUT2D eigenvalue weighted by Crippen LogP contribution is 2.31. The number of hydrogen-bond acceptors (Lipinski definition) is 4. The number of ketones is 1. The lowest BCUT2D eigenvalue weighted by molar-refractivity contribution is -0.139. The molecular weight excluding hydrogens is 297 g/mol. The number of nitrogens with two attached hydrogens (primary N) is 1. The van der Waals surface area contributed by atoms with Crippen molar-refractivity contribution in [2.45, 2.75) is 31.7 Å². The molecule has 2 rings (SSSR count). The summed E-state index contributed by atoms with van der Waals surface area (Å²) in [4.78, 5) is 15.6. The average molecular weight is 314 g/mol. The molecule has 1 atom stereocenters. The first kappa shape index (κ1) is 16.5. The monoisotopic (exact) mass is 314 g/mol. The lowest BCUT2D eigenvalue weighted by Gasteiger charge is -2.30. The van der Waals surface area contributed by atoms with E-state index in [4.69, 9.17) is 10.5 Å². The average Bonchev–Trinajstić information content (AvgIpc) is 2.39. The van der Waals surface area contributed by atoms with Crippen LogP contribution in [0.2, 0.25) is 0 Å². The molecule has 0 saturated heterocycles. The van der Waals surface area contributed by atoms with E-state index in [1.807, 2.05) is 0 Å². The van der Waals surface area contributed by atoms with E-state index in [1.54, 1.807) is 6.92 Å². The topological polar surface area (TPSA) is 64.7 Å². The first-order valence-electron chi connectivity index (χ1n) is 6.74. The first-order valence-corrected chi connectivity index (χ1v) is 6.74. The molecule has 0 fully saturated rings. The lowest BCUT2D eigenvalue weighted by Crippen LogP contribution is -2.38. The van der Waals surface area contributed by atoms with Crippen LogP contribution in [-0.2, 0) is 21.5 Å². The number of benzene rings is 1. The summed E-state index contributed by atoms with van der Waals surface area (Å²) in [6.07, 6.45) is -0.479. The van der Waals surface area contributed by atoms with Crippen molar-refractivity contribution in [1.82, 2.24) is 0 Å². The number of hydrogen-bond donors (Lipinski definition) is 1. The second-order valence-corrected chi connectivity index (χ2v) is 5.67. The van der Waals surface area contributed by atoms with Crippen LogP contribution in [0.25, 0.3) is 0 Å². The minimum atomic E-state index is -3.42. The summed E-state index contributed by atoms with van der Waals surface area (Å²) in [6, 6.07) is 3.81. The SMILES string of the molecule is CC(F)(F)C(=O)Cc1ccc(F)c([C@]2(C)COCC(N)=N2)c1. The Morgan fingerprint density at radius 2 is 2.18 bits per heavy atom. The zero-order valence-corrected chi connectivity index (χ0v) is 12.3. The van der Waals surface area contributed by atoms with Crippen LogP contribution in [0, 0.1) is 5.82 Å². The van der Waals surface area contributed by atoms with Crippen LogP contribution in [-0.4, -0.2) is 30.8 Å². The Balaban J connectivity index is 2.36. The van der Waals surface area contributed by atoms with Crippen molar-refractivity contribution in [3.63, 3.8) is 0 Å². The lowest BCUT2D eigenvalue weighted by atomic mass is 9.90. The summed E-state index contributed by atoms with van der Waals surface area (Å²) in [6.45, 7) is 2.46. The summed E-state index contributed by atoms with van der Waals surface area (Å²) in [5, 5.41) is 0. The van der Waals surface area contributed by atoms with Crippen LogP contribution in [0.1, 0.15) is 25.0 Å². The third-order valence-corrected chi connectivity index (χ3v) is 3.49. The van der Waals surface area contributed by atoms with Gasteiger partial charge in [0, 0.05) is 18.9 Å². The van der Waals surface area contributed by atoms with Crippen molar-refractivity contribution < 1.29 is 22.7 Å². The number of aliphatic imine (C=N–C) groups is 1. The normalized spacial score (nSPS) is 22.3. The smallest absolute Gasteiger partial charge is 0.302 e. The Bertz CT molecular complexity index is 626. The summed E-state index contributed by atoms with van der Waals surface area (Å²) in [5.74, 6) is -4.97. The molecule has 22 heavy (non-hydrogen) atoms. The molecule has 2 N–H and O–H groups in total. The first-order chi connectivity index (χ1) is 10.1. The van der Waals surface area contributed by atoms with E-state index in [-0.39, 0.29) is 24.6 Å². The summed E-state index contributed by atoms with van der Waals surface area (Å²) in [7, 11) is 0. The number of halogens is 3. The second kappa shape index (κ2) is 5.72. The van der Waals surface area contributed by atoms with Gasteiger partial charge >= 0.3 is 5.92 Å². The molecule has 0 radical (unpaired) electrons. The molecular formula is C15H17F3N2O2. The third-order valence-electron chi connectivity index (χ3n) is 3.49. The van der Waals surface area contributed by atoms with E-state index < -0.39 is 29.5 Å². The molecule has 1 aliphatic heterocycles. The highest BCUT2D eigenvalue weighted by molar-refractivity contribution is 5.87. The summed E-state index contributed by atoms with van der Waals surface area (Å²) < 4.78 is 45.3. The molecule has 120 valence electrons. The fourth-order valence-electron chi connectivity index (χ4n) is 2.31. The Morgan fingerprint density at radius 1 is 1.50 bits per heavy atom. The minimum absolute atomic E-state index is 0.117. The van der Waals surface area contributed by atoms with Crippen LogP contribution in [0.5, 0.6) is 0 Å². The molecule has 1 aliphatic rings. The molecule has 4 nitrogen and oxygen atoms in total. The summed E-state index contributed by atoms with van der Waals surface area (Å²) in [5.41, 5.74) is 5.04. The van der Waals surface area contributed by atoms with E-state index in [1.165, 1.54) is 12.1 Å². The van der Waals surface area contributed by atoms with Crippen molar-refractivity contribution in [2.24, 2.45) is 10.7 Å². The van der Waals surface area contributed by atoms with E-state index in [9.17, 15) is 18.0 Å². The van der Waals surface area contributed by atoms with Gasteiger partial charge in [0.2, 0.25) is 5.78 Å². The van der Waals surface area contributed by atoms with Crippen molar-refractivity contribution in [2.75, 3.05) is 13.2 Å². The molecule has 0 unspecified atom stereocenters. The maximum Gasteiger partial charge on any atom is 0.302 e. The van der Waals surface area contributed by atoms with Crippen LogP contribution in [0.4, 0.5) is 13.2 Å². The van der Waals surface area contributed by atoms with E-state index in [0.717, 1.165) is 6.07 Å². The van der Waals surface area contributed by atoms with Crippen LogP contribution in [0.3, 0.4) is 0 Å². The predicted octanol–water partition coefficient (Wildman–Crippen LogP) is 2.20. The number of carbonyl (C=O) groups is 1. The number of carbonyl (C=O) groups excluding carboxylic acids is 1. The van der Waals surface area contributed by atoms with E-state index >= 15 is 0 Å². The van der Waals surface area contributed by atoms with Crippen LogP contribution in [0.15, 0.2) is 23.2 Å². The van der Waals surface area contributed by atoms with E-state index in [2.05, 4.69) is 4.99 Å². The minimum Gasteiger partial charge on any atom is -0.386 e. The number of rotatable bonds is 4. The van der Waals surface area contributed by atoms with Gasteiger partial charge in [-0.25, -0.2) is 4.39 Å². The molecule has 0 aromatic heterocycles. The van der Waals surface area contributed by atoms with Gasteiger partial charge in [-0.15, -0.1) is 0 Å². The number of alkyl halides is 2. The van der Waals surface area contributed by atoms with Crippen molar-refractivity contribution in [3.8, 4) is 0 Å². The van der Waals surface area contributed by atoms with Crippen LogP contribution >= 0.6 is 0 Å². The Morgan fingerprint density at radius 3 is 2.77 bits per heavy atom. The van der Waals surface area contributed by atoms with E-state index in [0.29, 0.717) is 12.5 Å². The maximum atomic E-state index is 14.1. The second-order valence-electron chi connectivity index (χ2n) is 5.67. The number of nitrogens with zero attached hydrogens (tertiary/aromatic N) is 1. The largest absolute Gasteiger partial charge is 0.386 e. The Hall–Kier alpha value is -1.89. The molecule has 0 aliphatic carbocycles.